The van der Waals surface area contributed by atoms with Crippen LogP contribution >= 0.6 is 11.8 Å². The molecule has 2 aromatic heterocycles. The lowest BCUT2D eigenvalue weighted by Gasteiger charge is -2.05. The number of hydrogen-bond acceptors (Lipinski definition) is 6. The number of nitrogens with zero attached hydrogens (tertiary/aromatic N) is 3. The van der Waals surface area contributed by atoms with Crippen LogP contribution < -0.4 is 4.74 Å². The Kier molecular flexibility index (Phi) is 4.85. The number of ether oxygens (including phenoxy) is 1. The van der Waals surface area contributed by atoms with Crippen LogP contribution in [0, 0.1) is 20.8 Å². The molecule has 0 radical (unpaired) electrons. The molecule has 0 aliphatic carbocycles. The summed E-state index contributed by atoms with van der Waals surface area (Å²) >= 11 is 1.55. The second kappa shape index (κ2) is 7.05. The smallest absolute Gasteiger partial charge is 0.188 e. The maximum absolute atomic E-state index is 5.42. The van der Waals surface area contributed by atoms with Gasteiger partial charge in [-0.25, -0.2) is 9.97 Å². The Morgan fingerprint density at radius 1 is 1.04 bits per heavy atom. The van der Waals surface area contributed by atoms with E-state index in [0.29, 0.717) is 5.75 Å². The minimum absolute atomic E-state index is 0.644. The van der Waals surface area contributed by atoms with Crippen molar-refractivity contribution >= 4 is 11.8 Å². The highest BCUT2D eigenvalue weighted by molar-refractivity contribution is 7.98. The van der Waals surface area contributed by atoms with Crippen LogP contribution in [0.5, 0.6) is 5.75 Å². The summed E-state index contributed by atoms with van der Waals surface area (Å²) in [6, 6.07) is 9.68. The first-order valence-corrected chi connectivity index (χ1v) is 8.60. The predicted octanol–water partition coefficient (Wildman–Crippen LogP) is 4.36. The summed E-state index contributed by atoms with van der Waals surface area (Å²) in [5, 5.41) is 4.90. The van der Waals surface area contributed by atoms with E-state index in [-0.39, 0.29) is 0 Å². The van der Waals surface area contributed by atoms with E-state index in [0.717, 1.165) is 44.9 Å². The van der Waals surface area contributed by atoms with Gasteiger partial charge >= 0.3 is 0 Å². The Morgan fingerprint density at radius 2 is 1.71 bits per heavy atom. The summed E-state index contributed by atoms with van der Waals surface area (Å²) < 4.78 is 10.6. The quantitative estimate of drug-likeness (QED) is 0.508. The van der Waals surface area contributed by atoms with Gasteiger partial charge in [0.1, 0.15) is 17.2 Å². The van der Waals surface area contributed by atoms with E-state index < -0.39 is 0 Å². The summed E-state index contributed by atoms with van der Waals surface area (Å²) in [5.74, 6) is 2.26. The van der Waals surface area contributed by atoms with E-state index in [9.17, 15) is 0 Å². The number of thioether (sulfide) groups is 1. The fourth-order valence-electron chi connectivity index (χ4n) is 2.22. The van der Waals surface area contributed by atoms with E-state index in [1.54, 1.807) is 18.9 Å². The molecule has 0 unspecified atom stereocenters. The highest BCUT2D eigenvalue weighted by Gasteiger charge is 2.10. The van der Waals surface area contributed by atoms with Crippen LogP contribution in [0.1, 0.15) is 22.7 Å². The first-order chi connectivity index (χ1) is 11.6. The molecule has 0 atom stereocenters. The number of aryl methyl sites for hydroxylation is 2. The molecule has 0 bridgehead atoms. The van der Waals surface area contributed by atoms with Crippen molar-refractivity contribution in [2.45, 2.75) is 31.7 Å². The fourth-order valence-corrected chi connectivity index (χ4v) is 3.03. The van der Waals surface area contributed by atoms with Gasteiger partial charge in [-0.3, -0.25) is 0 Å². The van der Waals surface area contributed by atoms with Gasteiger partial charge in [0, 0.05) is 23.0 Å². The van der Waals surface area contributed by atoms with E-state index in [2.05, 4.69) is 15.1 Å². The summed E-state index contributed by atoms with van der Waals surface area (Å²) in [6.07, 6.45) is 0. The van der Waals surface area contributed by atoms with Gasteiger partial charge in [-0.1, -0.05) is 16.9 Å². The van der Waals surface area contributed by atoms with Crippen molar-refractivity contribution in [3.8, 4) is 17.0 Å². The number of rotatable bonds is 5. The Hall–Kier alpha value is -2.34. The monoisotopic (exact) mass is 341 g/mol. The third-order valence-corrected chi connectivity index (χ3v) is 4.77. The minimum atomic E-state index is 0.644. The van der Waals surface area contributed by atoms with Gasteiger partial charge in [0.2, 0.25) is 0 Å². The van der Waals surface area contributed by atoms with Crippen LogP contribution in [0.2, 0.25) is 0 Å². The topological polar surface area (TPSA) is 61.0 Å². The standard InChI is InChI=1S/C18H19N3O2S/c1-11-12(2)19-18(20-13(11)3)24-10-16-9-17(21-23-16)14-5-7-15(22-4)8-6-14/h5-9H,10H2,1-4H3. The predicted molar refractivity (Wildman–Crippen MR) is 94.3 cm³/mol. The lowest BCUT2D eigenvalue weighted by Crippen LogP contribution is -1.98. The zero-order valence-electron chi connectivity index (χ0n) is 14.2. The summed E-state index contributed by atoms with van der Waals surface area (Å²) in [5.41, 5.74) is 4.98. The van der Waals surface area contributed by atoms with Crippen molar-refractivity contribution in [3.63, 3.8) is 0 Å². The summed E-state index contributed by atoms with van der Waals surface area (Å²) in [7, 11) is 1.65. The maximum Gasteiger partial charge on any atom is 0.188 e. The summed E-state index contributed by atoms with van der Waals surface area (Å²) in [6.45, 7) is 6.05. The van der Waals surface area contributed by atoms with Crippen molar-refractivity contribution in [2.75, 3.05) is 7.11 Å². The van der Waals surface area contributed by atoms with Crippen LogP contribution in [0.3, 0.4) is 0 Å². The van der Waals surface area contributed by atoms with Crippen LogP contribution in [0.4, 0.5) is 0 Å². The SMILES string of the molecule is COc1ccc(-c2cc(CSc3nc(C)c(C)c(C)n3)on2)cc1. The van der Waals surface area contributed by atoms with Gasteiger partial charge in [-0.05, 0) is 50.6 Å². The molecular weight excluding hydrogens is 322 g/mol. The second-order valence-electron chi connectivity index (χ2n) is 5.50. The maximum atomic E-state index is 5.42. The lowest BCUT2D eigenvalue weighted by atomic mass is 10.1. The van der Waals surface area contributed by atoms with Gasteiger partial charge < -0.3 is 9.26 Å². The lowest BCUT2D eigenvalue weighted by molar-refractivity contribution is 0.397. The van der Waals surface area contributed by atoms with Crippen LogP contribution in [0.25, 0.3) is 11.3 Å². The first kappa shape index (κ1) is 16.5. The third-order valence-electron chi connectivity index (χ3n) is 3.90. The average molecular weight is 341 g/mol. The number of hydrogen-bond donors (Lipinski definition) is 0. The van der Waals surface area contributed by atoms with Crippen molar-refractivity contribution in [2.24, 2.45) is 0 Å². The number of aromatic nitrogens is 3. The zero-order valence-corrected chi connectivity index (χ0v) is 15.0. The van der Waals surface area contributed by atoms with E-state index >= 15 is 0 Å². The fraction of sp³-hybridized carbons (Fsp3) is 0.278. The van der Waals surface area contributed by atoms with Crippen LogP contribution in [-0.2, 0) is 5.75 Å². The normalized spacial score (nSPS) is 10.8. The first-order valence-electron chi connectivity index (χ1n) is 7.61. The molecule has 0 aliphatic rings. The zero-order chi connectivity index (χ0) is 17.1. The molecule has 0 fully saturated rings. The molecule has 24 heavy (non-hydrogen) atoms. The molecular formula is C18H19N3O2S. The van der Waals surface area contributed by atoms with Crippen molar-refractivity contribution < 1.29 is 9.26 Å². The molecule has 5 nitrogen and oxygen atoms in total. The third kappa shape index (κ3) is 3.59. The van der Waals surface area contributed by atoms with Gasteiger partial charge in [0.25, 0.3) is 0 Å². The number of methoxy groups -OCH3 is 1. The molecule has 3 rings (SSSR count). The second-order valence-corrected chi connectivity index (χ2v) is 6.44. The van der Waals surface area contributed by atoms with Crippen molar-refractivity contribution in [1.82, 2.24) is 15.1 Å². The van der Waals surface area contributed by atoms with Gasteiger partial charge in [0.15, 0.2) is 5.16 Å². The van der Waals surface area contributed by atoms with Gasteiger partial charge in [-0.2, -0.15) is 0 Å². The molecule has 0 spiro atoms. The molecule has 0 aliphatic heterocycles. The van der Waals surface area contributed by atoms with Crippen molar-refractivity contribution in [1.29, 1.82) is 0 Å². The molecule has 1 aromatic carbocycles. The number of benzene rings is 1. The highest BCUT2D eigenvalue weighted by Crippen LogP contribution is 2.26. The van der Waals surface area contributed by atoms with E-state index in [1.165, 1.54) is 0 Å². The molecule has 0 saturated carbocycles. The molecule has 3 aromatic rings. The molecule has 0 N–H and O–H groups in total. The summed E-state index contributed by atoms with van der Waals surface area (Å²) in [4.78, 5) is 9.02. The van der Waals surface area contributed by atoms with E-state index in [4.69, 9.17) is 9.26 Å². The van der Waals surface area contributed by atoms with Crippen LogP contribution in [-0.4, -0.2) is 22.2 Å². The Bertz CT molecular complexity index is 821. The molecule has 2 heterocycles. The minimum Gasteiger partial charge on any atom is -0.497 e. The van der Waals surface area contributed by atoms with E-state index in [1.807, 2.05) is 51.1 Å². The van der Waals surface area contributed by atoms with Crippen molar-refractivity contribution in [3.05, 3.63) is 53.0 Å². The van der Waals surface area contributed by atoms with Crippen LogP contribution in [0.15, 0.2) is 40.0 Å². The molecule has 0 saturated heterocycles. The largest absolute Gasteiger partial charge is 0.497 e. The highest BCUT2D eigenvalue weighted by atomic mass is 32.2. The molecule has 6 heteroatoms. The average Bonchev–Trinajstić information content (AvgIpc) is 3.07. The molecule has 0 amide bonds. The van der Waals surface area contributed by atoms with Gasteiger partial charge in [0.05, 0.1) is 12.9 Å². The Labute approximate surface area is 145 Å². The van der Waals surface area contributed by atoms with Gasteiger partial charge in [-0.15, -0.1) is 0 Å². The Balaban J connectivity index is 1.70. The molecule has 124 valence electrons. The Morgan fingerprint density at radius 3 is 2.33 bits per heavy atom.